The molecule has 1 aliphatic heterocycles. The summed E-state index contributed by atoms with van der Waals surface area (Å²) in [5.41, 5.74) is 3.36. The number of rotatable bonds is 5. The van der Waals surface area contributed by atoms with Crippen molar-refractivity contribution in [2.75, 3.05) is 25.6 Å². The summed E-state index contributed by atoms with van der Waals surface area (Å²) in [5, 5.41) is 21.1. The monoisotopic (exact) mass is 444 g/mol. The van der Waals surface area contributed by atoms with Crippen LogP contribution in [0.4, 0.5) is 5.13 Å². The first kappa shape index (κ1) is 21.5. The van der Waals surface area contributed by atoms with Gasteiger partial charge < -0.3 is 9.47 Å². The molecule has 0 aliphatic carbocycles. The minimum atomic E-state index is -0.324. The normalized spacial score (nSPS) is 12.8. The molecule has 0 unspecified atom stereocenters. The van der Waals surface area contributed by atoms with Crippen LogP contribution in [-0.4, -0.2) is 36.4 Å². The Morgan fingerprint density at radius 2 is 2.09 bits per heavy atom. The van der Waals surface area contributed by atoms with Crippen molar-refractivity contribution < 1.29 is 14.3 Å². The summed E-state index contributed by atoms with van der Waals surface area (Å²) in [7, 11) is 1.56. The van der Waals surface area contributed by atoms with Crippen molar-refractivity contribution in [3.8, 4) is 34.8 Å². The van der Waals surface area contributed by atoms with Crippen LogP contribution in [0.1, 0.15) is 33.4 Å². The van der Waals surface area contributed by atoms with Gasteiger partial charge in [0.15, 0.2) is 5.01 Å². The average Bonchev–Trinajstić information content (AvgIpc) is 3.24. The molecule has 0 atom stereocenters. The van der Waals surface area contributed by atoms with Gasteiger partial charge >= 0.3 is 0 Å². The first-order chi connectivity index (χ1) is 15.6. The van der Waals surface area contributed by atoms with Crippen molar-refractivity contribution in [1.82, 2.24) is 10.2 Å². The zero-order valence-corrected chi connectivity index (χ0v) is 18.5. The van der Waals surface area contributed by atoms with E-state index in [1.807, 2.05) is 19.1 Å². The Kier molecular flexibility index (Phi) is 6.46. The van der Waals surface area contributed by atoms with Gasteiger partial charge in [0.25, 0.3) is 5.91 Å². The van der Waals surface area contributed by atoms with Crippen molar-refractivity contribution in [3.05, 3.63) is 58.1 Å². The van der Waals surface area contributed by atoms with Gasteiger partial charge in [-0.1, -0.05) is 36.3 Å². The molecule has 160 valence electrons. The van der Waals surface area contributed by atoms with Crippen LogP contribution in [0.25, 0.3) is 11.1 Å². The lowest BCUT2D eigenvalue weighted by Crippen LogP contribution is -2.25. The number of carbonyl (C=O) groups excluding carboxylic acids is 1. The molecule has 1 fully saturated rings. The molecule has 0 spiro atoms. The summed E-state index contributed by atoms with van der Waals surface area (Å²) < 4.78 is 10.6. The number of ether oxygens (including phenoxy) is 2. The lowest BCUT2D eigenvalue weighted by atomic mass is 9.94. The highest BCUT2D eigenvalue weighted by molar-refractivity contribution is 7.15. The third-order valence-corrected chi connectivity index (χ3v) is 5.78. The minimum absolute atomic E-state index is 0.232. The van der Waals surface area contributed by atoms with Crippen molar-refractivity contribution in [1.29, 1.82) is 5.26 Å². The topological polar surface area (TPSA) is 97.1 Å². The van der Waals surface area contributed by atoms with Crippen molar-refractivity contribution in [3.63, 3.8) is 0 Å². The molecule has 0 saturated carbocycles. The fourth-order valence-electron chi connectivity index (χ4n) is 3.19. The Balaban J connectivity index is 1.65. The molecular weight excluding hydrogens is 424 g/mol. The summed E-state index contributed by atoms with van der Waals surface area (Å²) in [6.07, 6.45) is 0.805. The van der Waals surface area contributed by atoms with E-state index in [0.29, 0.717) is 51.4 Å². The van der Waals surface area contributed by atoms with E-state index >= 15 is 0 Å². The van der Waals surface area contributed by atoms with Crippen LogP contribution in [0.2, 0.25) is 0 Å². The highest BCUT2D eigenvalue weighted by Crippen LogP contribution is 2.34. The van der Waals surface area contributed by atoms with Crippen LogP contribution in [-0.2, 0) is 11.2 Å². The van der Waals surface area contributed by atoms with E-state index in [1.165, 1.54) is 11.3 Å². The maximum absolute atomic E-state index is 13.2. The minimum Gasteiger partial charge on any atom is -0.496 e. The second kappa shape index (κ2) is 9.61. The quantitative estimate of drug-likeness (QED) is 0.600. The van der Waals surface area contributed by atoms with Gasteiger partial charge in [0.2, 0.25) is 5.13 Å². The molecule has 8 heteroatoms. The second-order valence-corrected chi connectivity index (χ2v) is 8.11. The van der Waals surface area contributed by atoms with Crippen molar-refractivity contribution >= 4 is 22.4 Å². The molecule has 1 aromatic heterocycles. The van der Waals surface area contributed by atoms with Crippen molar-refractivity contribution in [2.24, 2.45) is 5.92 Å². The number of nitrogens with zero attached hydrogens (tertiary/aromatic N) is 3. The number of methoxy groups -OCH3 is 1. The van der Waals surface area contributed by atoms with E-state index in [9.17, 15) is 10.1 Å². The largest absolute Gasteiger partial charge is 0.496 e. The number of nitrogens with one attached hydrogen (secondary N) is 1. The predicted molar refractivity (Wildman–Crippen MR) is 122 cm³/mol. The molecule has 7 nitrogen and oxygen atoms in total. The molecule has 2 aromatic carbocycles. The zero-order valence-electron chi connectivity index (χ0n) is 17.6. The first-order valence-electron chi connectivity index (χ1n) is 10.1. The first-order valence-corrected chi connectivity index (χ1v) is 10.9. The van der Waals surface area contributed by atoms with Gasteiger partial charge in [0.1, 0.15) is 5.75 Å². The number of hydrogen-bond donors (Lipinski definition) is 1. The number of hydrogen-bond acceptors (Lipinski definition) is 7. The summed E-state index contributed by atoms with van der Waals surface area (Å²) >= 11 is 1.22. The summed E-state index contributed by atoms with van der Waals surface area (Å²) in [6.45, 7) is 3.33. The SMILES string of the molecule is CCc1ccc(C(=O)Nc2nnc(C#CC3COC3)s2)c(-c2cc(C#N)ccc2OC)c1. The molecule has 4 rings (SSSR count). The molecular formula is C24H20N4O3S. The number of carbonyl (C=O) groups is 1. The molecule has 3 aromatic rings. The maximum Gasteiger partial charge on any atom is 0.258 e. The third kappa shape index (κ3) is 4.62. The van der Waals surface area contributed by atoms with Gasteiger partial charge in [-0.2, -0.15) is 5.26 Å². The highest BCUT2D eigenvalue weighted by Gasteiger charge is 2.19. The molecule has 0 radical (unpaired) electrons. The number of benzene rings is 2. The van der Waals surface area contributed by atoms with Gasteiger partial charge in [-0.15, -0.1) is 10.2 Å². The fraction of sp³-hybridized carbons (Fsp3) is 0.250. The van der Waals surface area contributed by atoms with E-state index in [4.69, 9.17) is 9.47 Å². The Morgan fingerprint density at radius 1 is 1.25 bits per heavy atom. The lowest BCUT2D eigenvalue weighted by molar-refractivity contribution is -0.00300. The molecule has 32 heavy (non-hydrogen) atoms. The van der Waals surface area contributed by atoms with Crippen LogP contribution in [0.15, 0.2) is 36.4 Å². The van der Waals surface area contributed by atoms with Gasteiger partial charge in [-0.25, -0.2) is 0 Å². The number of amides is 1. The van der Waals surface area contributed by atoms with Crippen LogP contribution in [0.5, 0.6) is 5.75 Å². The van der Waals surface area contributed by atoms with Crippen LogP contribution in [0.3, 0.4) is 0 Å². The lowest BCUT2D eigenvalue weighted by Gasteiger charge is -2.19. The van der Waals surface area contributed by atoms with Gasteiger partial charge in [0.05, 0.1) is 37.9 Å². The maximum atomic E-state index is 13.2. The van der Waals surface area contributed by atoms with Crippen LogP contribution < -0.4 is 10.1 Å². The van der Waals surface area contributed by atoms with Gasteiger partial charge in [-0.05, 0) is 47.7 Å². The Bertz CT molecular complexity index is 1260. The summed E-state index contributed by atoms with van der Waals surface area (Å²) in [5.74, 6) is 6.55. The van der Waals surface area contributed by atoms with E-state index in [0.717, 1.165) is 12.0 Å². The standard InChI is InChI=1S/C24H20N4O3S/c1-3-15-4-7-18(19(10-15)20-11-16(12-25)5-8-21(20)30-2)23(29)26-24-28-27-22(32-24)9-6-17-13-31-14-17/h4-5,7-8,10-11,17H,3,13-14H2,1-2H3,(H,26,28,29). The number of anilines is 1. The number of nitriles is 1. The molecule has 2 heterocycles. The molecule has 1 amide bonds. The predicted octanol–water partition coefficient (Wildman–Crippen LogP) is 3.90. The third-order valence-electron chi connectivity index (χ3n) is 5.02. The molecule has 1 saturated heterocycles. The fourth-order valence-corrected chi connectivity index (χ4v) is 3.79. The number of aryl methyl sites for hydroxylation is 1. The van der Waals surface area contributed by atoms with Gasteiger partial charge in [0, 0.05) is 11.1 Å². The zero-order chi connectivity index (χ0) is 22.5. The number of aromatic nitrogens is 2. The summed E-state index contributed by atoms with van der Waals surface area (Å²) in [4.78, 5) is 13.2. The van der Waals surface area contributed by atoms with Gasteiger partial charge in [-0.3, -0.25) is 10.1 Å². The van der Waals surface area contributed by atoms with Crippen molar-refractivity contribution in [2.45, 2.75) is 13.3 Å². The van der Waals surface area contributed by atoms with Crippen LogP contribution in [0, 0.1) is 29.1 Å². The Hall–Kier alpha value is -3.72. The molecule has 1 N–H and O–H groups in total. The Labute approximate surface area is 190 Å². The summed E-state index contributed by atoms with van der Waals surface area (Å²) in [6, 6.07) is 12.9. The smallest absolute Gasteiger partial charge is 0.258 e. The van der Waals surface area contributed by atoms with E-state index < -0.39 is 0 Å². The average molecular weight is 445 g/mol. The molecule has 0 bridgehead atoms. The van der Waals surface area contributed by atoms with E-state index in [-0.39, 0.29) is 11.8 Å². The highest BCUT2D eigenvalue weighted by atomic mass is 32.1. The Morgan fingerprint density at radius 3 is 2.78 bits per heavy atom. The van der Waals surface area contributed by atoms with Crippen LogP contribution >= 0.6 is 11.3 Å². The molecule has 1 aliphatic rings. The van der Waals surface area contributed by atoms with E-state index in [2.05, 4.69) is 33.4 Å². The van der Waals surface area contributed by atoms with E-state index in [1.54, 1.807) is 31.4 Å². The second-order valence-electron chi connectivity index (χ2n) is 7.13.